The lowest BCUT2D eigenvalue weighted by Gasteiger charge is -2.28. The number of nitroso groups, excluding NO2 is 1. The molecule has 30 heavy (non-hydrogen) atoms. The molecule has 0 radical (unpaired) electrons. The van der Waals surface area contributed by atoms with Crippen molar-refractivity contribution in [2.75, 3.05) is 31.2 Å². The number of hydrogen-bond acceptors (Lipinski definition) is 8. The van der Waals surface area contributed by atoms with E-state index in [4.69, 9.17) is 4.74 Å². The number of aromatic nitrogens is 4. The summed E-state index contributed by atoms with van der Waals surface area (Å²) in [5.41, 5.74) is 3.63. The normalized spacial score (nSPS) is 15.6. The molecule has 1 aliphatic rings. The molecule has 4 aromatic rings. The number of pyridine rings is 2. The van der Waals surface area contributed by atoms with Crippen LogP contribution < -0.4 is 4.90 Å². The van der Waals surface area contributed by atoms with Gasteiger partial charge in [-0.25, -0.2) is 0 Å². The molecule has 8 nitrogen and oxygen atoms in total. The van der Waals surface area contributed by atoms with Gasteiger partial charge in [0.2, 0.25) is 0 Å². The van der Waals surface area contributed by atoms with Gasteiger partial charge in [-0.3, -0.25) is 9.38 Å². The fourth-order valence-corrected chi connectivity index (χ4v) is 4.38. The van der Waals surface area contributed by atoms with Gasteiger partial charge in [-0.15, -0.1) is 10.2 Å². The standard InChI is InChI=1S/C21H20N6O2S/c1-14(25-28)15-2-5-20-23-24-21(27(20)13-15)30-18-3-4-19-16(11-18)10-17(12-22-19)26-6-8-29-9-7-26/h2-5,10-14H,6-9H2,1H3. The van der Waals surface area contributed by atoms with E-state index in [0.717, 1.165) is 64.2 Å². The topological polar surface area (TPSA) is 85.0 Å². The average molecular weight is 420 g/mol. The number of hydrogen-bond donors (Lipinski definition) is 0. The van der Waals surface area contributed by atoms with Gasteiger partial charge in [0, 0.05) is 29.6 Å². The van der Waals surface area contributed by atoms with Gasteiger partial charge >= 0.3 is 0 Å². The first-order valence-corrected chi connectivity index (χ1v) is 10.6. The van der Waals surface area contributed by atoms with Crippen LogP contribution in [0.5, 0.6) is 0 Å². The summed E-state index contributed by atoms with van der Waals surface area (Å²) < 4.78 is 7.35. The quantitative estimate of drug-likeness (QED) is 0.450. The lowest BCUT2D eigenvalue weighted by Crippen LogP contribution is -2.36. The van der Waals surface area contributed by atoms with E-state index in [-0.39, 0.29) is 0 Å². The zero-order valence-corrected chi connectivity index (χ0v) is 17.2. The van der Waals surface area contributed by atoms with Crippen molar-refractivity contribution in [3.63, 3.8) is 0 Å². The molecule has 1 saturated heterocycles. The first-order chi connectivity index (χ1) is 14.7. The van der Waals surface area contributed by atoms with Gasteiger partial charge in [-0.2, -0.15) is 4.91 Å². The maximum Gasteiger partial charge on any atom is 0.200 e. The monoisotopic (exact) mass is 420 g/mol. The predicted octanol–water partition coefficient (Wildman–Crippen LogP) is 4.09. The maximum absolute atomic E-state index is 10.9. The molecule has 152 valence electrons. The van der Waals surface area contributed by atoms with Gasteiger partial charge in [0.1, 0.15) is 6.04 Å². The zero-order chi connectivity index (χ0) is 20.5. The third kappa shape index (κ3) is 3.61. The molecule has 1 atom stereocenters. The molecule has 0 aliphatic carbocycles. The molecule has 0 amide bonds. The molecule has 0 saturated carbocycles. The van der Waals surface area contributed by atoms with Crippen molar-refractivity contribution in [3.8, 4) is 0 Å². The second-order valence-corrected chi connectivity index (χ2v) is 8.24. The number of ether oxygens (including phenoxy) is 1. The smallest absolute Gasteiger partial charge is 0.200 e. The van der Waals surface area contributed by atoms with Crippen molar-refractivity contribution in [1.82, 2.24) is 19.6 Å². The third-order valence-corrected chi connectivity index (χ3v) is 6.21. The van der Waals surface area contributed by atoms with E-state index in [1.54, 1.807) is 6.92 Å². The van der Waals surface area contributed by atoms with Gasteiger partial charge in [0.05, 0.1) is 30.6 Å². The van der Waals surface area contributed by atoms with Crippen molar-refractivity contribution in [2.24, 2.45) is 5.18 Å². The Kier molecular flexibility index (Phi) is 5.06. The molecule has 4 heterocycles. The van der Waals surface area contributed by atoms with Gasteiger partial charge < -0.3 is 9.64 Å². The Morgan fingerprint density at radius 1 is 1.13 bits per heavy atom. The van der Waals surface area contributed by atoms with Crippen LogP contribution in [0.15, 0.2) is 64.0 Å². The van der Waals surface area contributed by atoms with Gasteiger partial charge in [-0.1, -0.05) is 11.2 Å². The Morgan fingerprint density at radius 2 is 2.00 bits per heavy atom. The fraction of sp³-hybridized carbons (Fsp3) is 0.286. The SMILES string of the molecule is CC(N=O)c1ccc2nnc(Sc3ccc4ncc(N5CCOCC5)cc4c3)n2c1. The summed E-state index contributed by atoms with van der Waals surface area (Å²) in [7, 11) is 0. The van der Waals surface area contributed by atoms with Crippen LogP contribution >= 0.6 is 11.8 Å². The first kappa shape index (κ1) is 19.0. The summed E-state index contributed by atoms with van der Waals surface area (Å²) in [6, 6.07) is 11.7. The van der Waals surface area contributed by atoms with Crippen molar-refractivity contribution < 1.29 is 4.74 Å². The second kappa shape index (κ2) is 8.00. The number of morpholine rings is 1. The van der Waals surface area contributed by atoms with Crippen LogP contribution in [0.25, 0.3) is 16.6 Å². The van der Waals surface area contributed by atoms with Crippen LogP contribution in [0, 0.1) is 4.91 Å². The lowest BCUT2D eigenvalue weighted by atomic mass is 10.1. The third-order valence-electron chi connectivity index (χ3n) is 5.26. The molecular formula is C21H20N6O2S. The minimum Gasteiger partial charge on any atom is -0.378 e. The molecule has 0 spiro atoms. The van der Waals surface area contributed by atoms with Crippen molar-refractivity contribution in [3.05, 3.63) is 59.3 Å². The van der Waals surface area contributed by atoms with Gasteiger partial charge in [0.15, 0.2) is 10.8 Å². The lowest BCUT2D eigenvalue weighted by molar-refractivity contribution is 0.122. The van der Waals surface area contributed by atoms with Crippen LogP contribution in [0.3, 0.4) is 0 Å². The number of benzene rings is 1. The van der Waals surface area contributed by atoms with Crippen molar-refractivity contribution >= 4 is 34.0 Å². The molecule has 5 rings (SSSR count). The molecule has 0 bridgehead atoms. The van der Waals surface area contributed by atoms with E-state index in [0.29, 0.717) is 0 Å². The second-order valence-electron chi connectivity index (χ2n) is 7.20. The highest BCUT2D eigenvalue weighted by Crippen LogP contribution is 2.31. The van der Waals surface area contributed by atoms with Crippen molar-refractivity contribution in [1.29, 1.82) is 0 Å². The highest BCUT2D eigenvalue weighted by molar-refractivity contribution is 7.99. The Bertz CT molecular complexity index is 1220. The number of nitrogens with zero attached hydrogens (tertiary/aromatic N) is 6. The van der Waals surface area contributed by atoms with E-state index >= 15 is 0 Å². The predicted molar refractivity (Wildman–Crippen MR) is 116 cm³/mol. The van der Waals surface area contributed by atoms with Crippen LogP contribution in [0.4, 0.5) is 5.69 Å². The number of fused-ring (bicyclic) bond motifs is 2. The number of rotatable bonds is 5. The fourth-order valence-electron chi connectivity index (χ4n) is 3.53. The molecule has 1 fully saturated rings. The summed E-state index contributed by atoms with van der Waals surface area (Å²) in [6.07, 6.45) is 3.80. The molecule has 9 heteroatoms. The summed E-state index contributed by atoms with van der Waals surface area (Å²) in [4.78, 5) is 18.9. The Morgan fingerprint density at radius 3 is 2.83 bits per heavy atom. The summed E-state index contributed by atoms with van der Waals surface area (Å²) in [5.74, 6) is 0. The number of anilines is 1. The molecule has 1 aliphatic heterocycles. The van der Waals surface area contributed by atoms with Crippen LogP contribution in [0.2, 0.25) is 0 Å². The maximum atomic E-state index is 10.9. The zero-order valence-electron chi connectivity index (χ0n) is 16.4. The Balaban J connectivity index is 1.46. The van der Waals surface area contributed by atoms with Crippen LogP contribution in [-0.2, 0) is 4.74 Å². The Hall–Kier alpha value is -3.04. The van der Waals surface area contributed by atoms with E-state index in [9.17, 15) is 4.91 Å². The minimum atomic E-state index is -0.417. The van der Waals surface area contributed by atoms with Crippen LogP contribution in [-0.4, -0.2) is 45.9 Å². The van der Waals surface area contributed by atoms with Gasteiger partial charge in [-0.05, 0) is 54.6 Å². The highest BCUT2D eigenvalue weighted by atomic mass is 32.2. The van der Waals surface area contributed by atoms with Gasteiger partial charge in [0.25, 0.3) is 0 Å². The minimum absolute atomic E-state index is 0.417. The van der Waals surface area contributed by atoms with Crippen LogP contribution in [0.1, 0.15) is 18.5 Å². The van der Waals surface area contributed by atoms with E-state index in [1.807, 2.05) is 41.1 Å². The molecule has 1 aromatic carbocycles. The van der Waals surface area contributed by atoms with E-state index < -0.39 is 6.04 Å². The molecule has 3 aromatic heterocycles. The highest BCUT2D eigenvalue weighted by Gasteiger charge is 2.14. The molecule has 0 N–H and O–H groups in total. The van der Waals surface area contributed by atoms with Crippen molar-refractivity contribution in [2.45, 2.75) is 23.0 Å². The summed E-state index contributed by atoms with van der Waals surface area (Å²) in [5, 5.41) is 13.5. The summed E-state index contributed by atoms with van der Waals surface area (Å²) in [6.45, 7) is 5.02. The first-order valence-electron chi connectivity index (χ1n) is 9.79. The Labute approximate surface area is 177 Å². The largest absolute Gasteiger partial charge is 0.378 e. The van der Waals surface area contributed by atoms with E-state index in [1.165, 1.54) is 11.8 Å². The van der Waals surface area contributed by atoms with E-state index in [2.05, 4.69) is 37.4 Å². The average Bonchev–Trinajstić information content (AvgIpc) is 3.20. The molecule has 1 unspecified atom stereocenters. The summed E-state index contributed by atoms with van der Waals surface area (Å²) >= 11 is 1.53. The molecular weight excluding hydrogens is 400 g/mol.